The predicted molar refractivity (Wildman–Crippen MR) is 63.2 cm³/mol. The van der Waals surface area contributed by atoms with E-state index in [1.165, 1.54) is 25.1 Å². The molecule has 0 atom stereocenters. The first-order chi connectivity index (χ1) is 7.13. The van der Waals surface area contributed by atoms with Gasteiger partial charge in [0, 0.05) is 5.25 Å². The second-order valence-corrected chi connectivity index (χ2v) is 4.73. The lowest BCUT2D eigenvalue weighted by Crippen LogP contribution is -1.94. The molecule has 0 N–H and O–H groups in total. The highest BCUT2D eigenvalue weighted by Crippen LogP contribution is 2.19. The van der Waals surface area contributed by atoms with E-state index < -0.39 is 0 Å². The van der Waals surface area contributed by atoms with Crippen LogP contribution >= 0.6 is 23.4 Å². The molecule has 15 heavy (non-hydrogen) atoms. The first-order valence-electron chi connectivity index (χ1n) is 4.36. The number of nitrogens with zero attached hydrogens (tertiary/aromatic N) is 2. The van der Waals surface area contributed by atoms with Crippen LogP contribution in [0.3, 0.4) is 0 Å². The summed E-state index contributed by atoms with van der Waals surface area (Å²) in [6, 6.07) is 0. The van der Waals surface area contributed by atoms with Gasteiger partial charge in [-0.15, -0.1) is 0 Å². The van der Waals surface area contributed by atoms with Crippen LogP contribution in [0.5, 0.6) is 5.88 Å². The first-order valence-corrected chi connectivity index (χ1v) is 5.62. The maximum absolute atomic E-state index is 5.78. The Kier molecular flexibility index (Phi) is 4.73. The third-order valence-corrected chi connectivity index (χ3v) is 2.31. The fourth-order valence-corrected chi connectivity index (χ4v) is 1.30. The summed E-state index contributed by atoms with van der Waals surface area (Å²) >= 11 is 7.31. The van der Waals surface area contributed by atoms with Gasteiger partial charge in [0.2, 0.25) is 11.7 Å². The Balaban J connectivity index is 2.81. The monoisotopic (exact) mass is 242 g/mol. The standard InChI is InChI=1S/C10H11ClN2OS/c1-7(2)15-5-4-9-12-6-8(11)10(13-9)14-3/h6-7H,1-3H3. The highest BCUT2D eigenvalue weighted by Gasteiger charge is 2.02. The van der Waals surface area contributed by atoms with E-state index in [-0.39, 0.29) is 0 Å². The normalized spacial score (nSPS) is 9.67. The molecule has 0 unspecified atom stereocenters. The number of thioether (sulfide) groups is 1. The molecule has 1 aromatic heterocycles. The Morgan fingerprint density at radius 1 is 1.53 bits per heavy atom. The molecule has 1 heterocycles. The van der Waals surface area contributed by atoms with Crippen LogP contribution in [0.1, 0.15) is 19.7 Å². The molecule has 1 aromatic rings. The number of aromatic nitrogens is 2. The van der Waals surface area contributed by atoms with E-state index in [9.17, 15) is 0 Å². The molecule has 0 saturated carbocycles. The Labute approximate surface area is 98.6 Å². The van der Waals surface area contributed by atoms with E-state index in [0.717, 1.165) is 0 Å². The zero-order valence-corrected chi connectivity index (χ0v) is 10.3. The van der Waals surface area contributed by atoms with Crippen LogP contribution in [0.25, 0.3) is 0 Å². The molecule has 80 valence electrons. The van der Waals surface area contributed by atoms with E-state index in [1.807, 2.05) is 0 Å². The average molecular weight is 243 g/mol. The second kappa shape index (κ2) is 5.84. The largest absolute Gasteiger partial charge is 0.480 e. The van der Waals surface area contributed by atoms with Crippen molar-refractivity contribution < 1.29 is 4.74 Å². The average Bonchev–Trinajstić information content (AvgIpc) is 2.20. The van der Waals surface area contributed by atoms with E-state index in [2.05, 4.69) is 35.0 Å². The molecular formula is C10H11ClN2OS. The zero-order chi connectivity index (χ0) is 11.3. The van der Waals surface area contributed by atoms with Gasteiger partial charge >= 0.3 is 0 Å². The minimum Gasteiger partial charge on any atom is -0.480 e. The molecule has 0 aromatic carbocycles. The molecule has 0 fully saturated rings. The van der Waals surface area contributed by atoms with Gasteiger partial charge in [-0.1, -0.05) is 37.2 Å². The van der Waals surface area contributed by atoms with Crippen molar-refractivity contribution in [2.75, 3.05) is 7.11 Å². The fraction of sp³-hybridized carbons (Fsp3) is 0.400. The predicted octanol–water partition coefficient (Wildman–Crippen LogP) is 2.59. The smallest absolute Gasteiger partial charge is 0.236 e. The number of rotatable bonds is 2. The van der Waals surface area contributed by atoms with Crippen molar-refractivity contribution >= 4 is 23.4 Å². The van der Waals surface area contributed by atoms with Gasteiger partial charge in [-0.25, -0.2) is 4.98 Å². The third kappa shape index (κ3) is 3.98. The van der Waals surface area contributed by atoms with E-state index in [4.69, 9.17) is 16.3 Å². The van der Waals surface area contributed by atoms with E-state index >= 15 is 0 Å². The molecule has 0 aliphatic heterocycles. The number of methoxy groups -OCH3 is 1. The highest BCUT2D eigenvalue weighted by molar-refractivity contribution is 8.04. The van der Waals surface area contributed by atoms with Gasteiger partial charge in [0.25, 0.3) is 0 Å². The minimum atomic E-state index is 0.352. The summed E-state index contributed by atoms with van der Waals surface area (Å²) in [6.07, 6.45) is 1.48. The first kappa shape index (κ1) is 12.2. The van der Waals surface area contributed by atoms with E-state index in [1.54, 1.807) is 0 Å². The summed E-state index contributed by atoms with van der Waals surface area (Å²) < 4.78 is 4.96. The maximum atomic E-state index is 5.78. The van der Waals surface area contributed by atoms with Crippen LogP contribution < -0.4 is 4.74 Å². The Morgan fingerprint density at radius 2 is 2.27 bits per heavy atom. The molecule has 3 nitrogen and oxygen atoms in total. The highest BCUT2D eigenvalue weighted by atomic mass is 35.5. The third-order valence-electron chi connectivity index (χ3n) is 1.36. The summed E-state index contributed by atoms with van der Waals surface area (Å²) in [5.41, 5.74) is 0. The minimum absolute atomic E-state index is 0.352. The molecule has 0 saturated heterocycles. The van der Waals surface area contributed by atoms with Gasteiger partial charge in [0.15, 0.2) is 0 Å². The van der Waals surface area contributed by atoms with Crippen molar-refractivity contribution in [1.29, 1.82) is 0 Å². The van der Waals surface area contributed by atoms with Crippen molar-refractivity contribution in [2.45, 2.75) is 19.1 Å². The van der Waals surface area contributed by atoms with Crippen LogP contribution in [0, 0.1) is 11.2 Å². The van der Waals surface area contributed by atoms with Gasteiger partial charge in [-0.2, -0.15) is 4.98 Å². The SMILES string of the molecule is COc1nc(C#CSC(C)C)ncc1Cl. The molecule has 0 aliphatic rings. The Hall–Kier alpha value is -0.920. The van der Waals surface area contributed by atoms with E-state index in [0.29, 0.717) is 22.0 Å². The van der Waals surface area contributed by atoms with Crippen molar-refractivity contribution in [1.82, 2.24) is 9.97 Å². The summed E-state index contributed by atoms with van der Waals surface area (Å²) in [4.78, 5) is 8.01. The van der Waals surface area contributed by atoms with Crippen molar-refractivity contribution in [3.8, 4) is 17.1 Å². The quantitative estimate of drug-likeness (QED) is 0.747. The Bertz CT molecular complexity index is 398. The maximum Gasteiger partial charge on any atom is 0.236 e. The number of ether oxygens (including phenoxy) is 1. The molecule has 0 aliphatic carbocycles. The molecule has 5 heteroatoms. The van der Waals surface area contributed by atoms with Gasteiger partial charge in [-0.3, -0.25) is 0 Å². The molecular weight excluding hydrogens is 232 g/mol. The topological polar surface area (TPSA) is 35.0 Å². The summed E-state index contributed by atoms with van der Waals surface area (Å²) in [5, 5.41) is 3.77. The molecule has 0 spiro atoms. The lowest BCUT2D eigenvalue weighted by atomic mass is 10.5. The number of halogens is 1. The molecule has 1 rings (SSSR count). The fourth-order valence-electron chi connectivity index (χ4n) is 0.748. The van der Waals surface area contributed by atoms with Gasteiger partial charge in [0.05, 0.1) is 13.3 Å². The summed E-state index contributed by atoms with van der Waals surface area (Å²) in [5.74, 6) is 3.60. The van der Waals surface area contributed by atoms with Crippen LogP contribution in [-0.4, -0.2) is 22.3 Å². The second-order valence-electron chi connectivity index (χ2n) is 2.94. The summed E-state index contributed by atoms with van der Waals surface area (Å²) in [6.45, 7) is 4.14. The van der Waals surface area contributed by atoms with Crippen molar-refractivity contribution in [3.63, 3.8) is 0 Å². The lowest BCUT2D eigenvalue weighted by Gasteiger charge is -1.99. The lowest BCUT2D eigenvalue weighted by molar-refractivity contribution is 0.396. The zero-order valence-electron chi connectivity index (χ0n) is 8.74. The van der Waals surface area contributed by atoms with Crippen molar-refractivity contribution in [3.05, 3.63) is 17.0 Å². The summed E-state index contributed by atoms with van der Waals surface area (Å²) in [7, 11) is 1.51. The van der Waals surface area contributed by atoms with Crippen LogP contribution in [0.15, 0.2) is 6.20 Å². The van der Waals surface area contributed by atoms with Crippen LogP contribution in [0.2, 0.25) is 5.02 Å². The Morgan fingerprint density at radius 3 is 2.87 bits per heavy atom. The number of hydrogen-bond donors (Lipinski definition) is 0. The number of hydrogen-bond acceptors (Lipinski definition) is 4. The van der Waals surface area contributed by atoms with Gasteiger partial charge in [-0.05, 0) is 11.2 Å². The molecule has 0 amide bonds. The molecule has 0 radical (unpaired) electrons. The van der Waals surface area contributed by atoms with Gasteiger partial charge < -0.3 is 4.74 Å². The van der Waals surface area contributed by atoms with Gasteiger partial charge in [0.1, 0.15) is 5.02 Å². The van der Waals surface area contributed by atoms with Crippen LogP contribution in [0.4, 0.5) is 0 Å². The van der Waals surface area contributed by atoms with Crippen LogP contribution in [-0.2, 0) is 0 Å². The van der Waals surface area contributed by atoms with Crippen molar-refractivity contribution in [2.24, 2.45) is 0 Å². The molecule has 0 bridgehead atoms.